The van der Waals surface area contributed by atoms with Crippen molar-refractivity contribution in [3.8, 4) is 17.0 Å². The Labute approximate surface area is 187 Å². The monoisotopic (exact) mass is 461 g/mol. The summed E-state index contributed by atoms with van der Waals surface area (Å²) in [6, 6.07) is 17.8. The molecule has 2 aromatic heterocycles. The molecule has 0 fully saturated rings. The molecule has 0 atom stereocenters. The van der Waals surface area contributed by atoms with Crippen LogP contribution < -0.4 is 11.1 Å². The van der Waals surface area contributed by atoms with E-state index >= 15 is 0 Å². The van der Waals surface area contributed by atoms with Gasteiger partial charge in [0.25, 0.3) is 0 Å². The Hall–Kier alpha value is -3.43. The van der Waals surface area contributed by atoms with Crippen molar-refractivity contribution in [1.29, 1.82) is 0 Å². The van der Waals surface area contributed by atoms with Gasteiger partial charge in [-0.1, -0.05) is 30.3 Å². The van der Waals surface area contributed by atoms with Gasteiger partial charge in [-0.25, -0.2) is 4.98 Å². The van der Waals surface area contributed by atoms with E-state index in [-0.39, 0.29) is 20.8 Å². The molecular formula is C23H22F3N3O2S. The van der Waals surface area contributed by atoms with E-state index in [0.717, 1.165) is 23.1 Å². The molecule has 4 aromatic rings. The number of pyridine rings is 1. The quantitative estimate of drug-likeness (QED) is 0.265. The van der Waals surface area contributed by atoms with E-state index in [0.29, 0.717) is 17.6 Å². The standard InChI is InChI=1S/C15H8F3NOS.C7H9NO.CH5N/c16-15(17,18)12-7-13(9-4-2-1-3-5-9)19-14-11(12)6-10(8-20)21-14;1-8-6-2-4-7(9)5-3-6;1-2/h1-8H;2-5,8-9H,1H3;2H2,1H3. The van der Waals surface area contributed by atoms with Crippen LogP contribution in [0.2, 0.25) is 0 Å². The number of aromatic nitrogens is 1. The smallest absolute Gasteiger partial charge is 0.417 e. The van der Waals surface area contributed by atoms with Crippen LogP contribution in [-0.2, 0) is 6.18 Å². The Balaban J connectivity index is 0.000000277. The lowest BCUT2D eigenvalue weighted by atomic mass is 10.1. The first-order valence-electron chi connectivity index (χ1n) is 9.38. The predicted octanol–water partition coefficient (Wildman–Crippen LogP) is 5.80. The van der Waals surface area contributed by atoms with Crippen LogP contribution in [0.5, 0.6) is 5.75 Å². The van der Waals surface area contributed by atoms with E-state index in [2.05, 4.69) is 16.0 Å². The zero-order chi connectivity index (χ0) is 23.7. The van der Waals surface area contributed by atoms with Crippen LogP contribution in [-0.4, -0.2) is 30.5 Å². The van der Waals surface area contributed by atoms with Crippen LogP contribution in [0.4, 0.5) is 18.9 Å². The van der Waals surface area contributed by atoms with E-state index in [4.69, 9.17) is 5.11 Å². The third-order valence-electron chi connectivity index (χ3n) is 4.17. The number of nitrogens with one attached hydrogen (secondary N) is 1. The summed E-state index contributed by atoms with van der Waals surface area (Å²) >= 11 is 0.957. The molecule has 32 heavy (non-hydrogen) atoms. The Morgan fingerprint density at radius 1 is 1.03 bits per heavy atom. The minimum absolute atomic E-state index is 0.0331. The number of carbonyl (C=O) groups is 1. The fourth-order valence-electron chi connectivity index (χ4n) is 2.71. The molecular weight excluding hydrogens is 439 g/mol. The zero-order valence-electron chi connectivity index (χ0n) is 17.4. The third kappa shape index (κ3) is 6.29. The van der Waals surface area contributed by atoms with Gasteiger partial charge < -0.3 is 16.2 Å². The first kappa shape index (κ1) is 24.8. The van der Waals surface area contributed by atoms with Crippen LogP contribution in [0, 0.1) is 0 Å². The lowest BCUT2D eigenvalue weighted by molar-refractivity contribution is -0.136. The number of nitrogens with two attached hydrogens (primary N) is 1. The average molecular weight is 462 g/mol. The highest BCUT2D eigenvalue weighted by molar-refractivity contribution is 7.20. The van der Waals surface area contributed by atoms with Crippen LogP contribution >= 0.6 is 11.3 Å². The van der Waals surface area contributed by atoms with Gasteiger partial charge in [0.05, 0.1) is 16.1 Å². The number of anilines is 1. The minimum atomic E-state index is -4.49. The second kappa shape index (κ2) is 11.3. The van der Waals surface area contributed by atoms with Crippen molar-refractivity contribution in [3.63, 3.8) is 0 Å². The summed E-state index contributed by atoms with van der Waals surface area (Å²) in [6.45, 7) is 0. The van der Waals surface area contributed by atoms with E-state index in [1.54, 1.807) is 42.5 Å². The van der Waals surface area contributed by atoms with Crippen molar-refractivity contribution in [2.24, 2.45) is 5.73 Å². The molecule has 0 bridgehead atoms. The number of benzene rings is 2. The third-order valence-corrected chi connectivity index (χ3v) is 5.13. The van der Waals surface area contributed by atoms with E-state index in [1.807, 2.05) is 19.2 Å². The number of hydrogen-bond acceptors (Lipinski definition) is 6. The van der Waals surface area contributed by atoms with Gasteiger partial charge >= 0.3 is 6.18 Å². The molecule has 2 aromatic carbocycles. The van der Waals surface area contributed by atoms with Crippen molar-refractivity contribution in [1.82, 2.24) is 4.98 Å². The van der Waals surface area contributed by atoms with Crippen LogP contribution in [0.3, 0.4) is 0 Å². The fraction of sp³-hybridized carbons (Fsp3) is 0.130. The lowest BCUT2D eigenvalue weighted by Crippen LogP contribution is -2.06. The van der Waals surface area contributed by atoms with E-state index in [9.17, 15) is 18.0 Å². The number of thiophene rings is 1. The van der Waals surface area contributed by atoms with Crippen molar-refractivity contribution in [2.75, 3.05) is 19.4 Å². The highest BCUT2D eigenvalue weighted by Crippen LogP contribution is 2.39. The van der Waals surface area contributed by atoms with Crippen LogP contribution in [0.1, 0.15) is 15.2 Å². The lowest BCUT2D eigenvalue weighted by Gasteiger charge is -2.10. The Bertz CT molecular complexity index is 1150. The normalized spacial score (nSPS) is 10.4. The average Bonchev–Trinajstić information content (AvgIpc) is 3.24. The first-order chi connectivity index (χ1) is 15.3. The van der Waals surface area contributed by atoms with Crippen molar-refractivity contribution in [2.45, 2.75) is 6.18 Å². The number of rotatable bonds is 3. The fourth-order valence-corrected chi connectivity index (χ4v) is 3.58. The van der Waals surface area contributed by atoms with Gasteiger partial charge in [-0.2, -0.15) is 13.2 Å². The molecule has 0 aliphatic carbocycles. The number of hydrogen-bond donors (Lipinski definition) is 3. The first-order valence-corrected chi connectivity index (χ1v) is 10.2. The van der Waals surface area contributed by atoms with Gasteiger partial charge in [-0.05, 0) is 43.4 Å². The number of phenols is 1. The second-order valence-electron chi connectivity index (χ2n) is 6.20. The molecule has 4 rings (SSSR count). The van der Waals surface area contributed by atoms with Gasteiger partial charge in [0.1, 0.15) is 10.6 Å². The summed E-state index contributed by atoms with van der Waals surface area (Å²) in [5.41, 5.74) is 5.59. The van der Waals surface area contributed by atoms with Gasteiger partial charge in [-0.15, -0.1) is 11.3 Å². The summed E-state index contributed by atoms with van der Waals surface area (Å²) in [5.74, 6) is 0.300. The maximum Gasteiger partial charge on any atom is 0.417 e. The highest BCUT2D eigenvalue weighted by Gasteiger charge is 2.34. The number of halogens is 3. The summed E-state index contributed by atoms with van der Waals surface area (Å²) in [5, 5.41) is 11.7. The molecule has 0 aliphatic heterocycles. The van der Waals surface area contributed by atoms with Crippen LogP contribution in [0.25, 0.3) is 21.5 Å². The molecule has 5 nitrogen and oxygen atoms in total. The zero-order valence-corrected chi connectivity index (χ0v) is 18.2. The maximum absolute atomic E-state index is 13.2. The summed E-state index contributed by atoms with van der Waals surface area (Å²) < 4.78 is 39.6. The molecule has 168 valence electrons. The largest absolute Gasteiger partial charge is 0.508 e. The Morgan fingerprint density at radius 2 is 1.66 bits per heavy atom. The molecule has 0 unspecified atom stereocenters. The summed E-state index contributed by atoms with van der Waals surface area (Å²) in [6.07, 6.45) is -3.96. The number of aromatic hydroxyl groups is 1. The van der Waals surface area contributed by atoms with Crippen molar-refractivity contribution < 1.29 is 23.1 Å². The van der Waals surface area contributed by atoms with E-state index in [1.165, 1.54) is 13.1 Å². The molecule has 0 saturated heterocycles. The highest BCUT2D eigenvalue weighted by atomic mass is 32.1. The number of aldehydes is 1. The number of carbonyl (C=O) groups excluding carboxylic acids is 1. The summed E-state index contributed by atoms with van der Waals surface area (Å²) in [7, 11) is 3.34. The summed E-state index contributed by atoms with van der Waals surface area (Å²) in [4.78, 5) is 15.5. The van der Waals surface area contributed by atoms with Crippen LogP contribution in [0.15, 0.2) is 66.7 Å². The molecule has 0 radical (unpaired) electrons. The van der Waals surface area contributed by atoms with Gasteiger partial charge in [0, 0.05) is 23.7 Å². The van der Waals surface area contributed by atoms with Gasteiger partial charge in [0.15, 0.2) is 6.29 Å². The molecule has 9 heteroatoms. The van der Waals surface area contributed by atoms with Gasteiger partial charge in [-0.3, -0.25) is 4.79 Å². The molecule has 0 spiro atoms. The number of fused-ring (bicyclic) bond motifs is 1. The number of phenolic OH excluding ortho intramolecular Hbond substituents is 1. The maximum atomic E-state index is 13.2. The molecule has 0 amide bonds. The second-order valence-corrected chi connectivity index (χ2v) is 7.26. The topological polar surface area (TPSA) is 88.2 Å². The molecule has 0 aliphatic rings. The number of alkyl halides is 3. The van der Waals surface area contributed by atoms with Crippen molar-refractivity contribution >= 4 is 33.5 Å². The molecule has 0 saturated carbocycles. The van der Waals surface area contributed by atoms with E-state index < -0.39 is 11.7 Å². The van der Waals surface area contributed by atoms with Gasteiger partial charge in [0.2, 0.25) is 0 Å². The molecule has 4 N–H and O–H groups in total. The van der Waals surface area contributed by atoms with Crippen molar-refractivity contribution in [3.05, 3.63) is 77.2 Å². The predicted molar refractivity (Wildman–Crippen MR) is 123 cm³/mol. The SMILES string of the molecule is CN.CNc1ccc(O)cc1.O=Cc1cc2c(C(F)(F)F)cc(-c3ccccc3)nc2s1. The Morgan fingerprint density at radius 3 is 2.19 bits per heavy atom. The number of nitrogens with zero attached hydrogens (tertiary/aromatic N) is 1. The Kier molecular flexibility index (Phi) is 8.74. The minimum Gasteiger partial charge on any atom is -0.508 e. The molecule has 2 heterocycles.